The molecule has 4 rings (SSSR count). The molecule has 2 N–H and O–H groups in total. The molecule has 0 fully saturated rings. The Kier molecular flexibility index (Phi) is 8.51. The average Bonchev–Trinajstić information content (AvgIpc) is 2.95. The van der Waals surface area contributed by atoms with Crippen molar-refractivity contribution < 1.29 is 35.9 Å². The van der Waals surface area contributed by atoms with Gasteiger partial charge in [0.2, 0.25) is 5.91 Å². The summed E-state index contributed by atoms with van der Waals surface area (Å²) in [7, 11) is -2.77. The molecule has 0 unspecified atom stereocenters. The topological polar surface area (TPSA) is 105 Å². The molecule has 2 amide bonds. The summed E-state index contributed by atoms with van der Waals surface area (Å²) in [5.74, 6) is 1.24. The van der Waals surface area contributed by atoms with E-state index in [0.29, 0.717) is 5.56 Å². The van der Waals surface area contributed by atoms with Gasteiger partial charge in [-0.2, -0.15) is 13.2 Å². The molecule has 0 aromatic heterocycles. The van der Waals surface area contributed by atoms with Gasteiger partial charge in [0.1, 0.15) is 12.4 Å². The van der Waals surface area contributed by atoms with Crippen molar-refractivity contribution in [3.05, 3.63) is 87.9 Å². The number of carbonyl (C=O) groups excluding carboxylic acids is 2. The van der Waals surface area contributed by atoms with Crippen LogP contribution in [0.3, 0.4) is 0 Å². The number of anilines is 1. The van der Waals surface area contributed by atoms with Crippen molar-refractivity contribution >= 4 is 39.1 Å². The number of terminal acetylenes is 1. The fourth-order valence-corrected chi connectivity index (χ4v) is 5.96. The third-order valence-electron chi connectivity index (χ3n) is 6.30. The molecule has 1 heterocycles. The van der Waals surface area contributed by atoms with Crippen LogP contribution < -0.4 is 19.7 Å². The number of amides is 2. The molecule has 0 bridgehead atoms. The quantitative estimate of drug-likeness (QED) is 0.385. The molecular weight excluding hydrogens is 583 g/mol. The minimum absolute atomic E-state index is 0.0307. The molecule has 0 saturated heterocycles. The lowest BCUT2D eigenvalue weighted by molar-refractivity contribution is -0.137. The van der Waals surface area contributed by atoms with E-state index in [0.717, 1.165) is 22.5 Å². The monoisotopic (exact) mass is 605 g/mol. The van der Waals surface area contributed by atoms with E-state index in [2.05, 4.69) is 16.6 Å². The van der Waals surface area contributed by atoms with E-state index in [1.807, 2.05) is 0 Å². The third-order valence-corrected chi connectivity index (χ3v) is 8.46. The second kappa shape index (κ2) is 11.7. The summed E-state index contributed by atoms with van der Waals surface area (Å²) in [5, 5.41) is 4.85. The van der Waals surface area contributed by atoms with Gasteiger partial charge < -0.3 is 15.4 Å². The van der Waals surface area contributed by atoms with Gasteiger partial charge in [-0.15, -0.1) is 6.42 Å². The average molecular weight is 606 g/mol. The molecule has 214 valence electrons. The zero-order valence-electron chi connectivity index (χ0n) is 21.5. The molecule has 1 aliphatic heterocycles. The predicted molar refractivity (Wildman–Crippen MR) is 146 cm³/mol. The molecule has 8 nitrogen and oxygen atoms in total. The van der Waals surface area contributed by atoms with Crippen LogP contribution in [-0.4, -0.2) is 40.4 Å². The van der Waals surface area contributed by atoms with Gasteiger partial charge in [-0.3, -0.25) is 13.9 Å². The minimum Gasteiger partial charge on any atom is -0.489 e. The van der Waals surface area contributed by atoms with E-state index in [-0.39, 0.29) is 45.6 Å². The van der Waals surface area contributed by atoms with Crippen LogP contribution in [0.25, 0.3) is 0 Å². The van der Waals surface area contributed by atoms with Crippen molar-refractivity contribution in [2.75, 3.05) is 24.5 Å². The Balaban J connectivity index is 1.70. The van der Waals surface area contributed by atoms with Crippen molar-refractivity contribution in [2.24, 2.45) is 0 Å². The van der Waals surface area contributed by atoms with Crippen LogP contribution in [0.5, 0.6) is 5.75 Å². The summed E-state index contributed by atoms with van der Waals surface area (Å²) in [5.41, 5.74) is -0.707. The highest BCUT2D eigenvalue weighted by atomic mass is 35.5. The van der Waals surface area contributed by atoms with Gasteiger partial charge in [0.25, 0.3) is 15.9 Å². The Hall–Kier alpha value is -4.21. The molecule has 41 heavy (non-hydrogen) atoms. The Morgan fingerprint density at radius 1 is 1.15 bits per heavy atom. The zero-order chi connectivity index (χ0) is 29.9. The smallest absolute Gasteiger partial charge is 0.416 e. The second-order valence-electron chi connectivity index (χ2n) is 8.92. The highest BCUT2D eigenvalue weighted by Gasteiger charge is 2.34. The number of fused-ring (bicyclic) bond motifs is 1. The van der Waals surface area contributed by atoms with Gasteiger partial charge in [0.05, 0.1) is 35.2 Å². The van der Waals surface area contributed by atoms with Crippen LogP contribution in [-0.2, 0) is 21.0 Å². The molecule has 0 saturated carbocycles. The highest BCUT2D eigenvalue weighted by Crippen LogP contribution is 2.37. The van der Waals surface area contributed by atoms with Crippen LogP contribution in [0.1, 0.15) is 39.5 Å². The van der Waals surface area contributed by atoms with Crippen molar-refractivity contribution in [1.29, 1.82) is 0 Å². The number of sulfonamides is 1. The number of nitrogens with zero attached hydrogens (tertiary/aromatic N) is 1. The minimum atomic E-state index is -4.69. The second-order valence-corrected chi connectivity index (χ2v) is 11.2. The van der Waals surface area contributed by atoms with E-state index in [1.165, 1.54) is 43.4 Å². The van der Waals surface area contributed by atoms with E-state index in [9.17, 15) is 31.2 Å². The lowest BCUT2D eigenvalue weighted by Gasteiger charge is -2.31. The Morgan fingerprint density at radius 3 is 2.59 bits per heavy atom. The van der Waals surface area contributed by atoms with Gasteiger partial charge in [-0.1, -0.05) is 23.6 Å². The number of carbonyl (C=O) groups is 2. The van der Waals surface area contributed by atoms with Crippen LogP contribution in [0.15, 0.2) is 65.6 Å². The lowest BCUT2D eigenvalue weighted by Crippen LogP contribution is -2.38. The number of benzene rings is 3. The molecular formula is C28H23ClF3N3O5S. The molecule has 3 aromatic rings. The number of rotatable bonds is 7. The highest BCUT2D eigenvalue weighted by molar-refractivity contribution is 7.92. The van der Waals surface area contributed by atoms with E-state index >= 15 is 0 Å². The van der Waals surface area contributed by atoms with Gasteiger partial charge in [-0.05, 0) is 60.2 Å². The molecule has 1 atom stereocenters. The summed E-state index contributed by atoms with van der Waals surface area (Å²) < 4.78 is 73.9. The van der Waals surface area contributed by atoms with Gasteiger partial charge in [0, 0.05) is 23.2 Å². The number of hydrogen-bond acceptors (Lipinski definition) is 5. The number of alkyl halides is 3. The maximum absolute atomic E-state index is 13.5. The van der Waals surface area contributed by atoms with E-state index in [4.69, 9.17) is 22.8 Å². The van der Waals surface area contributed by atoms with Crippen molar-refractivity contribution in [3.8, 4) is 18.1 Å². The van der Waals surface area contributed by atoms with E-state index < -0.39 is 46.0 Å². The zero-order valence-corrected chi connectivity index (χ0v) is 23.0. The number of halogens is 4. The fourth-order valence-electron chi connectivity index (χ4n) is 4.21. The first-order valence-electron chi connectivity index (χ1n) is 12.1. The summed E-state index contributed by atoms with van der Waals surface area (Å²) >= 11 is 6.19. The van der Waals surface area contributed by atoms with Crippen LogP contribution >= 0.6 is 11.6 Å². The maximum Gasteiger partial charge on any atom is 0.416 e. The Morgan fingerprint density at radius 2 is 1.90 bits per heavy atom. The first kappa shape index (κ1) is 29.8. The largest absolute Gasteiger partial charge is 0.489 e. The molecule has 0 spiro atoms. The fraction of sp³-hybridized carbons (Fsp3) is 0.214. The Bertz CT molecular complexity index is 1650. The normalized spacial score (nSPS) is 13.8. The third kappa shape index (κ3) is 6.42. The summed E-state index contributed by atoms with van der Waals surface area (Å²) in [6, 6.07) is 11.3. The molecule has 13 heteroatoms. The van der Waals surface area contributed by atoms with Crippen molar-refractivity contribution in [1.82, 2.24) is 10.6 Å². The van der Waals surface area contributed by atoms with E-state index in [1.54, 1.807) is 6.07 Å². The van der Waals surface area contributed by atoms with Gasteiger partial charge >= 0.3 is 6.18 Å². The predicted octanol–water partition coefficient (Wildman–Crippen LogP) is 4.54. The summed E-state index contributed by atoms with van der Waals surface area (Å²) in [4.78, 5) is 25.5. The van der Waals surface area contributed by atoms with Crippen molar-refractivity contribution in [2.45, 2.75) is 23.5 Å². The van der Waals surface area contributed by atoms with Gasteiger partial charge in [-0.25, -0.2) is 8.42 Å². The first-order valence-corrected chi connectivity index (χ1v) is 13.9. The SMILES string of the molecule is C#Cc1cccc(S(=O)(=O)N2CCOc3ccc(C(=O)N[C@@H](CC(=O)NC)c4cc(C(F)(F)F)ccc4Cl)cc32)c1. The van der Waals surface area contributed by atoms with Gasteiger partial charge in [0.15, 0.2) is 0 Å². The molecule has 1 aliphatic rings. The Labute approximate surface area is 239 Å². The standard InChI is InChI=1S/C28H23ClF3N3O5S/c1-3-17-5-4-6-20(13-17)41(38,39)35-11-12-40-25-10-7-18(14-24(25)35)27(37)34-23(16-26(36)33-2)21-15-19(28(30,31)32)8-9-22(21)29/h1,4-10,13-15,23H,11-12,16H2,2H3,(H,33,36)(H,34,37)/t23-/m0/s1. The van der Waals surface area contributed by atoms with Crippen LogP contribution in [0.2, 0.25) is 5.02 Å². The lowest BCUT2D eigenvalue weighted by atomic mass is 9.99. The first-order chi connectivity index (χ1) is 19.3. The number of nitrogens with one attached hydrogen (secondary N) is 2. The summed E-state index contributed by atoms with van der Waals surface area (Å²) in [6.07, 6.45) is 0.318. The molecule has 0 aliphatic carbocycles. The number of hydrogen-bond donors (Lipinski definition) is 2. The maximum atomic E-state index is 13.5. The van der Waals surface area contributed by atoms with Crippen molar-refractivity contribution in [3.63, 3.8) is 0 Å². The summed E-state index contributed by atoms with van der Waals surface area (Å²) in [6.45, 7) is -0.00528. The molecule has 0 radical (unpaired) electrons. The van der Waals surface area contributed by atoms with Crippen LogP contribution in [0, 0.1) is 12.3 Å². The number of ether oxygens (including phenoxy) is 1. The molecule has 3 aromatic carbocycles. The van der Waals surface area contributed by atoms with Crippen LogP contribution in [0.4, 0.5) is 18.9 Å².